The Balaban J connectivity index is 1.52. The summed E-state index contributed by atoms with van der Waals surface area (Å²) in [6.07, 6.45) is 0. The Morgan fingerprint density at radius 3 is 1.00 bits per heavy atom. The van der Waals surface area contributed by atoms with Crippen molar-refractivity contribution in [3.05, 3.63) is 144 Å². The van der Waals surface area contributed by atoms with E-state index in [1.807, 2.05) is 135 Å². The predicted octanol–water partition coefficient (Wildman–Crippen LogP) is 5.89. The van der Waals surface area contributed by atoms with Gasteiger partial charge in [0.2, 0.25) is 5.96 Å². The lowest BCUT2D eigenvalue weighted by Crippen LogP contribution is -2.21. The third-order valence-corrected chi connectivity index (χ3v) is 5.58. The van der Waals surface area contributed by atoms with Crippen LogP contribution in [0.5, 0.6) is 0 Å². The standard InChI is InChI=1S/C32H31N7/c1-24(36-38-30(26-16-8-4-9-17-26)27-18-10-5-11-19-27)34-32(33-3)35-25(2)37-39-31(28-20-12-6-13-21-28)29-22-14-7-15-23-29/h4-23H,1-3H3,(H2,33,34,35,36,37). The molecule has 0 aliphatic heterocycles. The van der Waals surface area contributed by atoms with Crippen LogP contribution in [0.3, 0.4) is 0 Å². The van der Waals surface area contributed by atoms with Gasteiger partial charge in [0, 0.05) is 29.3 Å². The van der Waals surface area contributed by atoms with Crippen LogP contribution in [0.1, 0.15) is 36.1 Å². The first-order chi connectivity index (χ1) is 19.1. The fraction of sp³-hybridized carbons (Fsp3) is 0.0938. The Morgan fingerprint density at radius 1 is 0.462 bits per heavy atom. The monoisotopic (exact) mass is 513 g/mol. The number of benzene rings is 4. The van der Waals surface area contributed by atoms with E-state index in [2.05, 4.69) is 36.0 Å². The van der Waals surface area contributed by atoms with Gasteiger partial charge in [-0.1, -0.05) is 121 Å². The number of amidine groups is 2. The van der Waals surface area contributed by atoms with Crippen LogP contribution in [0.4, 0.5) is 0 Å². The van der Waals surface area contributed by atoms with Crippen LogP contribution in [-0.4, -0.2) is 36.1 Å². The number of rotatable bonds is 6. The second-order valence-corrected chi connectivity index (χ2v) is 8.53. The fourth-order valence-corrected chi connectivity index (χ4v) is 3.72. The summed E-state index contributed by atoms with van der Waals surface area (Å²) in [5.74, 6) is 1.39. The van der Waals surface area contributed by atoms with Gasteiger partial charge in [0.25, 0.3) is 0 Å². The van der Waals surface area contributed by atoms with Crippen LogP contribution < -0.4 is 10.9 Å². The SMILES string of the molecule is CN=C(/N=C(\C)NN=C(c1ccccc1)c1ccccc1)/N=C(\C)NN=C(c1ccccc1)c1ccccc1. The molecule has 0 bridgehead atoms. The van der Waals surface area contributed by atoms with Gasteiger partial charge in [-0.25, -0.2) is 0 Å². The van der Waals surface area contributed by atoms with Gasteiger partial charge < -0.3 is 0 Å². The molecule has 7 heteroatoms. The molecular formula is C32H31N7. The van der Waals surface area contributed by atoms with Gasteiger partial charge in [-0.15, -0.1) is 0 Å². The number of hydrogen-bond acceptors (Lipinski definition) is 3. The van der Waals surface area contributed by atoms with Crippen molar-refractivity contribution in [3.8, 4) is 0 Å². The Labute approximate surface area is 229 Å². The summed E-state index contributed by atoms with van der Waals surface area (Å²) in [7, 11) is 1.65. The molecule has 0 spiro atoms. The van der Waals surface area contributed by atoms with Crippen molar-refractivity contribution in [1.29, 1.82) is 0 Å². The zero-order valence-corrected chi connectivity index (χ0v) is 22.3. The molecule has 0 atom stereocenters. The van der Waals surface area contributed by atoms with Crippen LogP contribution in [0.25, 0.3) is 0 Å². The lowest BCUT2D eigenvalue weighted by atomic mass is 10.0. The van der Waals surface area contributed by atoms with Crippen molar-refractivity contribution in [1.82, 2.24) is 10.9 Å². The van der Waals surface area contributed by atoms with Crippen molar-refractivity contribution in [2.75, 3.05) is 7.05 Å². The molecule has 0 unspecified atom stereocenters. The highest BCUT2D eigenvalue weighted by Gasteiger charge is 2.08. The molecule has 0 radical (unpaired) electrons. The Bertz CT molecular complexity index is 1290. The molecular weight excluding hydrogens is 482 g/mol. The van der Waals surface area contributed by atoms with E-state index in [0.29, 0.717) is 11.7 Å². The fourth-order valence-electron chi connectivity index (χ4n) is 3.72. The molecule has 0 aliphatic rings. The maximum atomic E-state index is 4.65. The van der Waals surface area contributed by atoms with E-state index in [1.165, 1.54) is 0 Å². The number of hydrogen-bond donors (Lipinski definition) is 2. The second-order valence-electron chi connectivity index (χ2n) is 8.53. The zero-order valence-electron chi connectivity index (χ0n) is 22.3. The van der Waals surface area contributed by atoms with E-state index in [1.54, 1.807) is 7.05 Å². The summed E-state index contributed by atoms with van der Waals surface area (Å²) in [5, 5.41) is 9.30. The van der Waals surface area contributed by atoms with E-state index >= 15 is 0 Å². The van der Waals surface area contributed by atoms with E-state index in [4.69, 9.17) is 0 Å². The quantitative estimate of drug-likeness (QED) is 0.191. The normalized spacial score (nSPS) is 11.3. The van der Waals surface area contributed by atoms with Crippen molar-refractivity contribution < 1.29 is 0 Å². The first kappa shape index (κ1) is 26.9. The second kappa shape index (κ2) is 13.9. The molecule has 0 aliphatic carbocycles. The number of hydrazone groups is 2. The van der Waals surface area contributed by atoms with Gasteiger partial charge in [0.1, 0.15) is 11.7 Å². The number of aliphatic imine (C=N–C) groups is 3. The van der Waals surface area contributed by atoms with Gasteiger partial charge in [-0.3, -0.25) is 15.8 Å². The maximum Gasteiger partial charge on any atom is 0.247 e. The first-order valence-electron chi connectivity index (χ1n) is 12.6. The van der Waals surface area contributed by atoms with E-state index < -0.39 is 0 Å². The molecule has 0 heterocycles. The van der Waals surface area contributed by atoms with Crippen molar-refractivity contribution in [3.63, 3.8) is 0 Å². The number of nitrogens with zero attached hydrogens (tertiary/aromatic N) is 5. The van der Waals surface area contributed by atoms with Gasteiger partial charge >= 0.3 is 0 Å². The summed E-state index contributed by atoms with van der Waals surface area (Å²) in [5.41, 5.74) is 11.7. The molecule has 194 valence electrons. The molecule has 4 rings (SSSR count). The first-order valence-corrected chi connectivity index (χ1v) is 12.6. The minimum absolute atomic E-state index is 0.289. The lowest BCUT2D eigenvalue weighted by Gasteiger charge is -2.09. The van der Waals surface area contributed by atoms with Crippen LogP contribution in [0, 0.1) is 0 Å². The molecule has 0 aromatic heterocycles. The lowest BCUT2D eigenvalue weighted by molar-refractivity contribution is 1.01. The maximum absolute atomic E-state index is 4.65. The van der Waals surface area contributed by atoms with E-state index in [-0.39, 0.29) is 5.96 Å². The van der Waals surface area contributed by atoms with Crippen LogP contribution >= 0.6 is 0 Å². The zero-order chi connectivity index (χ0) is 27.3. The van der Waals surface area contributed by atoms with Gasteiger partial charge in [-0.2, -0.15) is 20.2 Å². The number of nitrogens with one attached hydrogen (secondary N) is 2. The molecule has 4 aromatic rings. The minimum atomic E-state index is 0.289. The topological polar surface area (TPSA) is 85.9 Å². The highest BCUT2D eigenvalue weighted by Crippen LogP contribution is 2.11. The summed E-state index contributed by atoms with van der Waals surface area (Å²) in [4.78, 5) is 13.2. The molecule has 0 fully saturated rings. The minimum Gasteiger partial charge on any atom is -0.264 e. The summed E-state index contributed by atoms with van der Waals surface area (Å²) < 4.78 is 0. The average Bonchev–Trinajstić information content (AvgIpc) is 2.99. The molecule has 39 heavy (non-hydrogen) atoms. The van der Waals surface area contributed by atoms with Gasteiger partial charge in [-0.05, 0) is 13.8 Å². The smallest absolute Gasteiger partial charge is 0.247 e. The predicted molar refractivity (Wildman–Crippen MR) is 163 cm³/mol. The number of guanidine groups is 1. The Kier molecular flexibility index (Phi) is 9.61. The molecule has 0 saturated heterocycles. The molecule has 0 amide bonds. The Morgan fingerprint density at radius 2 is 0.744 bits per heavy atom. The third-order valence-electron chi connectivity index (χ3n) is 5.58. The van der Waals surface area contributed by atoms with Crippen molar-refractivity contribution >= 4 is 29.1 Å². The van der Waals surface area contributed by atoms with Crippen LogP contribution in [0.2, 0.25) is 0 Å². The molecule has 0 saturated carbocycles. The summed E-state index contributed by atoms with van der Waals surface area (Å²) >= 11 is 0. The van der Waals surface area contributed by atoms with Crippen molar-refractivity contribution in [2.24, 2.45) is 25.2 Å². The molecule has 7 nitrogen and oxygen atoms in total. The summed E-state index contributed by atoms with van der Waals surface area (Å²) in [6.45, 7) is 3.64. The third kappa shape index (κ3) is 7.90. The Hall–Kier alpha value is -5.17. The van der Waals surface area contributed by atoms with Crippen LogP contribution in [-0.2, 0) is 0 Å². The van der Waals surface area contributed by atoms with Gasteiger partial charge in [0.15, 0.2) is 0 Å². The van der Waals surface area contributed by atoms with Crippen molar-refractivity contribution in [2.45, 2.75) is 13.8 Å². The molecule has 4 aromatic carbocycles. The van der Waals surface area contributed by atoms with Gasteiger partial charge in [0.05, 0.1) is 11.4 Å². The van der Waals surface area contributed by atoms with E-state index in [9.17, 15) is 0 Å². The average molecular weight is 514 g/mol. The molecule has 2 N–H and O–H groups in total. The largest absolute Gasteiger partial charge is 0.264 e. The summed E-state index contributed by atoms with van der Waals surface area (Å²) in [6, 6.07) is 40.1. The van der Waals surface area contributed by atoms with Crippen LogP contribution in [0.15, 0.2) is 147 Å². The highest BCUT2D eigenvalue weighted by atomic mass is 15.3. The highest BCUT2D eigenvalue weighted by molar-refractivity contribution is 6.14. The van der Waals surface area contributed by atoms with E-state index in [0.717, 1.165) is 33.7 Å².